The fourth-order valence-corrected chi connectivity index (χ4v) is 2.04. The van der Waals surface area contributed by atoms with E-state index in [4.69, 9.17) is 14.0 Å². The molecule has 1 aromatic rings. The average Bonchev–Trinajstić information content (AvgIpc) is 2.55. The van der Waals surface area contributed by atoms with Crippen molar-refractivity contribution in [3.8, 4) is 5.88 Å². The second-order valence-corrected chi connectivity index (χ2v) is 6.32. The third kappa shape index (κ3) is 2.84. The molecule has 20 heavy (non-hydrogen) atoms. The topological polar surface area (TPSA) is 40.6 Å². The van der Waals surface area contributed by atoms with Crippen LogP contribution in [0.1, 0.15) is 46.6 Å². The van der Waals surface area contributed by atoms with E-state index in [0.717, 1.165) is 17.4 Å². The minimum atomic E-state index is -0.368. The van der Waals surface area contributed by atoms with Crippen molar-refractivity contribution in [2.75, 3.05) is 6.61 Å². The van der Waals surface area contributed by atoms with E-state index in [1.165, 1.54) is 0 Å². The number of rotatable bonds is 4. The van der Waals surface area contributed by atoms with Crippen molar-refractivity contribution in [1.29, 1.82) is 0 Å². The van der Waals surface area contributed by atoms with Crippen molar-refractivity contribution in [3.05, 3.63) is 17.8 Å². The Balaban J connectivity index is 2.19. The van der Waals surface area contributed by atoms with Crippen LogP contribution in [0.25, 0.3) is 0 Å². The molecule has 0 spiro atoms. The van der Waals surface area contributed by atoms with Gasteiger partial charge in [-0.1, -0.05) is 6.92 Å². The molecule has 1 aromatic heterocycles. The van der Waals surface area contributed by atoms with Gasteiger partial charge in [0.1, 0.15) is 0 Å². The quantitative estimate of drug-likeness (QED) is 0.793. The predicted octanol–water partition coefficient (Wildman–Crippen LogP) is 2.48. The number of aryl methyl sites for hydroxylation is 1. The predicted molar refractivity (Wildman–Crippen MR) is 80.5 cm³/mol. The molecule has 0 N–H and O–H groups in total. The Kier molecular flexibility index (Phi) is 4.12. The molecular weight excluding hydrogens is 253 g/mol. The van der Waals surface area contributed by atoms with E-state index in [-0.39, 0.29) is 18.3 Å². The van der Waals surface area contributed by atoms with Gasteiger partial charge in [-0.2, -0.15) is 0 Å². The minimum Gasteiger partial charge on any atom is -0.478 e. The molecule has 0 atom stereocenters. The van der Waals surface area contributed by atoms with Crippen molar-refractivity contribution in [2.45, 2.75) is 59.2 Å². The van der Waals surface area contributed by atoms with E-state index in [9.17, 15) is 0 Å². The molecule has 0 unspecified atom stereocenters. The highest BCUT2D eigenvalue weighted by Crippen LogP contribution is 2.36. The van der Waals surface area contributed by atoms with E-state index in [1.54, 1.807) is 6.20 Å². The van der Waals surface area contributed by atoms with Gasteiger partial charge in [-0.25, -0.2) is 4.98 Å². The van der Waals surface area contributed by atoms with Gasteiger partial charge in [0.15, 0.2) is 0 Å². The maximum atomic E-state index is 6.05. The maximum absolute atomic E-state index is 6.05. The number of pyridine rings is 1. The average molecular weight is 277 g/mol. The fourth-order valence-electron chi connectivity index (χ4n) is 2.04. The largest absolute Gasteiger partial charge is 0.496 e. The van der Waals surface area contributed by atoms with Crippen LogP contribution in [0.15, 0.2) is 12.3 Å². The van der Waals surface area contributed by atoms with Gasteiger partial charge in [0.05, 0.1) is 17.8 Å². The molecule has 0 aromatic carbocycles. The van der Waals surface area contributed by atoms with E-state index in [2.05, 4.69) is 39.6 Å². The molecule has 1 saturated heterocycles. The van der Waals surface area contributed by atoms with Crippen LogP contribution in [0.3, 0.4) is 0 Å². The van der Waals surface area contributed by atoms with Crippen molar-refractivity contribution in [1.82, 2.24) is 4.98 Å². The summed E-state index contributed by atoms with van der Waals surface area (Å²) in [4.78, 5) is 4.33. The van der Waals surface area contributed by atoms with Gasteiger partial charge in [0.25, 0.3) is 0 Å². The Hall–Kier alpha value is -1.07. The van der Waals surface area contributed by atoms with Crippen LogP contribution in [0.5, 0.6) is 5.88 Å². The number of hydrogen-bond donors (Lipinski definition) is 0. The van der Waals surface area contributed by atoms with Gasteiger partial charge >= 0.3 is 7.12 Å². The van der Waals surface area contributed by atoms with Gasteiger partial charge < -0.3 is 14.0 Å². The normalized spacial score (nSPS) is 20.2. The number of ether oxygens (including phenoxy) is 1. The smallest absolute Gasteiger partial charge is 0.478 e. The fraction of sp³-hybridized carbons (Fsp3) is 0.667. The SMILES string of the molecule is CCCOc1cc(C)c(B2OC(C)(C)C(C)(C)O2)cn1. The molecule has 1 aliphatic heterocycles. The number of nitrogens with zero attached hydrogens (tertiary/aromatic N) is 1. The minimum absolute atomic E-state index is 0.332. The summed E-state index contributed by atoms with van der Waals surface area (Å²) in [6.07, 6.45) is 2.77. The molecule has 0 aliphatic carbocycles. The van der Waals surface area contributed by atoms with Crippen molar-refractivity contribution >= 4 is 12.6 Å². The lowest BCUT2D eigenvalue weighted by Gasteiger charge is -2.32. The molecule has 0 radical (unpaired) electrons. The van der Waals surface area contributed by atoms with Crippen LogP contribution in [0.2, 0.25) is 0 Å². The Morgan fingerprint density at radius 1 is 1.20 bits per heavy atom. The lowest BCUT2D eigenvalue weighted by molar-refractivity contribution is 0.00578. The summed E-state index contributed by atoms with van der Waals surface area (Å²) in [5, 5.41) is 0. The van der Waals surface area contributed by atoms with Gasteiger partial charge in [-0.15, -0.1) is 0 Å². The van der Waals surface area contributed by atoms with E-state index in [0.29, 0.717) is 12.5 Å². The first-order chi connectivity index (χ1) is 9.27. The molecule has 1 fully saturated rings. The van der Waals surface area contributed by atoms with E-state index >= 15 is 0 Å². The standard InChI is InChI=1S/C15H24BNO3/c1-7-8-18-13-9-11(2)12(10-17-13)16-19-14(3,4)15(5,6)20-16/h9-10H,7-8H2,1-6H3. The molecule has 2 heterocycles. The Morgan fingerprint density at radius 2 is 1.80 bits per heavy atom. The monoisotopic (exact) mass is 277 g/mol. The molecule has 110 valence electrons. The summed E-state index contributed by atoms with van der Waals surface area (Å²) in [6, 6.07) is 1.94. The van der Waals surface area contributed by atoms with Crippen LogP contribution < -0.4 is 10.2 Å². The summed E-state index contributed by atoms with van der Waals surface area (Å²) < 4.78 is 17.6. The zero-order valence-electron chi connectivity index (χ0n) is 13.3. The second kappa shape index (κ2) is 5.37. The van der Waals surface area contributed by atoms with Gasteiger partial charge in [-0.05, 0) is 46.6 Å². The number of hydrogen-bond acceptors (Lipinski definition) is 4. The summed E-state index contributed by atoms with van der Waals surface area (Å²) in [5.41, 5.74) is 1.38. The lowest BCUT2D eigenvalue weighted by Crippen LogP contribution is -2.41. The first kappa shape index (κ1) is 15.3. The number of aromatic nitrogens is 1. The molecular formula is C15H24BNO3. The summed E-state index contributed by atoms with van der Waals surface area (Å²) >= 11 is 0. The first-order valence-electron chi connectivity index (χ1n) is 7.22. The Labute approximate surface area is 122 Å². The van der Waals surface area contributed by atoms with Crippen LogP contribution in [-0.4, -0.2) is 29.9 Å². The zero-order valence-corrected chi connectivity index (χ0v) is 13.3. The molecule has 1 aliphatic rings. The second-order valence-electron chi connectivity index (χ2n) is 6.32. The summed E-state index contributed by atoms with van der Waals surface area (Å²) in [7, 11) is -0.368. The van der Waals surface area contributed by atoms with Gasteiger partial charge in [-0.3, -0.25) is 0 Å². The van der Waals surface area contributed by atoms with Crippen LogP contribution in [0, 0.1) is 6.92 Å². The van der Waals surface area contributed by atoms with Crippen molar-refractivity contribution in [2.24, 2.45) is 0 Å². The molecule has 0 amide bonds. The third-order valence-corrected chi connectivity index (χ3v) is 4.09. The maximum Gasteiger partial charge on any atom is 0.496 e. The summed E-state index contributed by atoms with van der Waals surface area (Å²) in [6.45, 7) is 13.0. The third-order valence-electron chi connectivity index (χ3n) is 4.09. The van der Waals surface area contributed by atoms with Crippen molar-refractivity contribution < 1.29 is 14.0 Å². The first-order valence-corrected chi connectivity index (χ1v) is 7.22. The lowest BCUT2D eigenvalue weighted by atomic mass is 9.77. The van der Waals surface area contributed by atoms with Gasteiger partial charge in [0, 0.05) is 17.7 Å². The van der Waals surface area contributed by atoms with Gasteiger partial charge in [0.2, 0.25) is 5.88 Å². The van der Waals surface area contributed by atoms with Crippen molar-refractivity contribution in [3.63, 3.8) is 0 Å². The highest BCUT2D eigenvalue weighted by atomic mass is 16.7. The van der Waals surface area contributed by atoms with Crippen LogP contribution >= 0.6 is 0 Å². The van der Waals surface area contributed by atoms with E-state index in [1.807, 2.05) is 13.0 Å². The highest BCUT2D eigenvalue weighted by molar-refractivity contribution is 6.62. The Bertz CT molecular complexity index is 472. The molecule has 5 heteroatoms. The molecule has 4 nitrogen and oxygen atoms in total. The molecule has 0 bridgehead atoms. The van der Waals surface area contributed by atoms with Crippen LogP contribution in [-0.2, 0) is 9.31 Å². The summed E-state index contributed by atoms with van der Waals surface area (Å²) in [5.74, 6) is 0.657. The molecule has 2 rings (SSSR count). The zero-order chi connectivity index (χ0) is 15.0. The Morgan fingerprint density at radius 3 is 2.30 bits per heavy atom. The van der Waals surface area contributed by atoms with E-state index < -0.39 is 0 Å². The highest BCUT2D eigenvalue weighted by Gasteiger charge is 2.52. The van der Waals surface area contributed by atoms with Crippen LogP contribution in [0.4, 0.5) is 0 Å². The molecule has 0 saturated carbocycles.